The zero-order valence-corrected chi connectivity index (χ0v) is 30.4. The molecule has 18 heteroatoms. The zero-order chi connectivity index (χ0) is 34.9. The van der Waals surface area contributed by atoms with E-state index in [0.29, 0.717) is 60.6 Å². The number of carbonyl (C=O) groups excluding carboxylic acids is 2. The van der Waals surface area contributed by atoms with Crippen LogP contribution in [0.2, 0.25) is 0 Å². The topological polar surface area (TPSA) is 217 Å². The van der Waals surface area contributed by atoms with Gasteiger partial charge in [-0.2, -0.15) is 16.8 Å². The summed E-state index contributed by atoms with van der Waals surface area (Å²) >= 11 is 5.24. The Morgan fingerprint density at radius 3 is 1.69 bits per heavy atom. The van der Waals surface area contributed by atoms with Crippen LogP contribution < -0.4 is 46.9 Å². The monoisotopic (exact) mass is 754 g/mol. The molecule has 0 aromatic heterocycles. The van der Waals surface area contributed by atoms with Crippen molar-refractivity contribution in [3.8, 4) is 11.5 Å². The summed E-state index contributed by atoms with van der Waals surface area (Å²) in [7, 11) is -3.99. The molecule has 2 heterocycles. The van der Waals surface area contributed by atoms with Crippen molar-refractivity contribution in [2.24, 2.45) is 22.1 Å². The summed E-state index contributed by atoms with van der Waals surface area (Å²) < 4.78 is 57.4. The number of methoxy groups -OCH3 is 2. The van der Waals surface area contributed by atoms with Crippen LogP contribution in [0.3, 0.4) is 0 Å². The lowest BCUT2D eigenvalue weighted by molar-refractivity contribution is -0.664. The molecule has 0 radical (unpaired) electrons. The maximum atomic E-state index is 12.5. The van der Waals surface area contributed by atoms with Gasteiger partial charge in [-0.05, 0) is 98.4 Å². The number of rotatable bonds is 12. The number of likely N-dealkylation sites (tertiary alicyclic amines) is 1. The van der Waals surface area contributed by atoms with Crippen molar-refractivity contribution in [2.45, 2.75) is 38.5 Å². The summed E-state index contributed by atoms with van der Waals surface area (Å²) in [6.07, 6.45) is 5.74. The van der Waals surface area contributed by atoms with E-state index in [1.54, 1.807) is 49.6 Å². The van der Waals surface area contributed by atoms with Crippen LogP contribution in [0.25, 0.3) is 0 Å². The fourth-order valence-corrected chi connectivity index (χ4v) is 6.13. The van der Waals surface area contributed by atoms with Crippen LogP contribution in [-0.4, -0.2) is 86.4 Å². The van der Waals surface area contributed by atoms with E-state index in [2.05, 4.69) is 14.8 Å². The Bertz CT molecular complexity index is 1490. The summed E-state index contributed by atoms with van der Waals surface area (Å²) in [6, 6.07) is 13.8. The Morgan fingerprint density at radius 2 is 1.25 bits per heavy atom. The van der Waals surface area contributed by atoms with Gasteiger partial charge >= 0.3 is 0 Å². The summed E-state index contributed by atoms with van der Waals surface area (Å²) in [6.45, 7) is 4.50. The molecule has 0 atom stereocenters. The van der Waals surface area contributed by atoms with Gasteiger partial charge in [0.2, 0.25) is 0 Å². The first-order chi connectivity index (χ1) is 22.2. The van der Waals surface area contributed by atoms with E-state index in [-0.39, 0.29) is 18.3 Å². The molecule has 0 aliphatic carbocycles. The SMILES string of the molecule is COc1cccc(C(=O)Cl)c1.COc1cccc(C(=O)N2CCC(CCNS(N)(=O)=O)CC2)c1.NS(=O)(=O)NCCC1CC[NH2+]CC1.[Cl-]. The molecule has 0 spiro atoms. The molecule has 0 saturated carbocycles. The lowest BCUT2D eigenvalue weighted by Crippen LogP contribution is -3.00. The number of quaternary nitrogens is 1. The van der Waals surface area contributed by atoms with Crippen molar-refractivity contribution in [3.05, 3.63) is 59.7 Å². The Morgan fingerprint density at radius 1 is 0.812 bits per heavy atom. The molecule has 0 unspecified atom stereocenters. The molecule has 8 N–H and O–H groups in total. The number of amides is 1. The van der Waals surface area contributed by atoms with Gasteiger partial charge in [0.15, 0.2) is 0 Å². The molecule has 4 rings (SSSR count). The lowest BCUT2D eigenvalue weighted by atomic mass is 9.93. The minimum Gasteiger partial charge on any atom is -1.00 e. The Labute approximate surface area is 295 Å². The van der Waals surface area contributed by atoms with Gasteiger partial charge in [0, 0.05) is 37.3 Å². The van der Waals surface area contributed by atoms with Crippen molar-refractivity contribution in [3.63, 3.8) is 0 Å². The fourth-order valence-electron chi connectivity index (χ4n) is 5.20. The van der Waals surface area contributed by atoms with Crippen LogP contribution in [0, 0.1) is 11.8 Å². The van der Waals surface area contributed by atoms with Crippen LogP contribution in [-0.2, 0) is 20.4 Å². The highest BCUT2D eigenvalue weighted by molar-refractivity contribution is 7.87. The highest BCUT2D eigenvalue weighted by Crippen LogP contribution is 2.23. The van der Waals surface area contributed by atoms with E-state index in [9.17, 15) is 26.4 Å². The highest BCUT2D eigenvalue weighted by Gasteiger charge is 2.24. The van der Waals surface area contributed by atoms with Gasteiger partial charge in [-0.3, -0.25) is 9.59 Å². The molecular formula is C30H48Cl2N6O8S2. The second-order valence-electron chi connectivity index (χ2n) is 11.2. The number of nitrogens with two attached hydrogens (primary N) is 3. The van der Waals surface area contributed by atoms with E-state index < -0.39 is 25.7 Å². The maximum absolute atomic E-state index is 12.5. The molecule has 2 aromatic carbocycles. The average molecular weight is 756 g/mol. The van der Waals surface area contributed by atoms with E-state index in [1.807, 2.05) is 11.0 Å². The van der Waals surface area contributed by atoms with E-state index in [1.165, 1.54) is 33.0 Å². The van der Waals surface area contributed by atoms with E-state index in [4.69, 9.17) is 31.4 Å². The van der Waals surface area contributed by atoms with Crippen molar-refractivity contribution >= 4 is 43.2 Å². The van der Waals surface area contributed by atoms with E-state index >= 15 is 0 Å². The second-order valence-corrected chi connectivity index (χ2v) is 14.3. The maximum Gasteiger partial charge on any atom is 0.274 e. The summed E-state index contributed by atoms with van der Waals surface area (Å²) in [5.74, 6) is 2.37. The fraction of sp³-hybridized carbons (Fsp3) is 0.533. The predicted molar refractivity (Wildman–Crippen MR) is 181 cm³/mol. The molecule has 48 heavy (non-hydrogen) atoms. The minimum atomic E-state index is -3.62. The van der Waals surface area contributed by atoms with Gasteiger partial charge in [0.25, 0.3) is 31.6 Å². The molecule has 2 fully saturated rings. The van der Waals surface area contributed by atoms with Crippen molar-refractivity contribution in [1.29, 1.82) is 0 Å². The first kappa shape index (κ1) is 43.5. The Balaban J connectivity index is 0.000000391. The lowest BCUT2D eigenvalue weighted by Gasteiger charge is -2.32. The quantitative estimate of drug-likeness (QED) is 0.152. The summed E-state index contributed by atoms with van der Waals surface area (Å²) in [5, 5.41) is 11.5. The third-order valence-corrected chi connectivity index (χ3v) is 9.22. The third-order valence-electron chi connectivity index (χ3n) is 7.78. The average Bonchev–Trinajstić information content (AvgIpc) is 3.05. The van der Waals surface area contributed by atoms with Gasteiger partial charge < -0.3 is 32.1 Å². The van der Waals surface area contributed by atoms with Crippen molar-refractivity contribution in [2.75, 3.05) is 53.5 Å². The Kier molecular flexibility index (Phi) is 20.1. The van der Waals surface area contributed by atoms with Crippen LogP contribution in [0.4, 0.5) is 0 Å². The van der Waals surface area contributed by atoms with Gasteiger partial charge in [-0.15, -0.1) is 0 Å². The molecular weight excluding hydrogens is 707 g/mol. The highest BCUT2D eigenvalue weighted by atomic mass is 35.5. The van der Waals surface area contributed by atoms with Crippen LogP contribution >= 0.6 is 11.6 Å². The smallest absolute Gasteiger partial charge is 0.274 e. The van der Waals surface area contributed by atoms with Crippen LogP contribution in [0.5, 0.6) is 11.5 Å². The molecule has 14 nitrogen and oxygen atoms in total. The summed E-state index contributed by atoms with van der Waals surface area (Å²) in [4.78, 5) is 24.9. The van der Waals surface area contributed by atoms with Gasteiger partial charge in [0.1, 0.15) is 11.5 Å². The number of piperidine rings is 2. The second kappa shape index (κ2) is 22.2. The molecule has 2 saturated heterocycles. The first-order valence-electron chi connectivity index (χ1n) is 15.3. The largest absolute Gasteiger partial charge is 1.00 e. The predicted octanol–water partition coefficient (Wildman–Crippen LogP) is -2.05. The zero-order valence-electron chi connectivity index (χ0n) is 27.3. The standard InChI is InChI=1S/C15H23N3O4S.C8H7ClO2.C7H17N3O2S.ClH/c1-22-14-4-2-3-13(11-14)15(19)18-9-6-12(7-10-18)5-8-17-23(16,20)21;1-11-7-4-2-3-6(5-7)8(9)10;8-13(11,12)10-6-3-7-1-4-9-5-2-7;/h2-4,11-12,17H,5-10H2,1H3,(H2,16,20,21);2-5H,1H3;7,9-10H,1-6H2,(H2,8,11,12);1H. The van der Waals surface area contributed by atoms with Gasteiger partial charge in [-0.25, -0.2) is 19.7 Å². The minimum absolute atomic E-state index is 0. The number of hydrogen-bond donors (Lipinski definition) is 5. The number of carbonyl (C=O) groups is 2. The molecule has 0 bridgehead atoms. The number of ether oxygens (including phenoxy) is 2. The van der Waals surface area contributed by atoms with Crippen LogP contribution in [0.1, 0.15) is 59.2 Å². The van der Waals surface area contributed by atoms with Crippen molar-refractivity contribution < 1.29 is 53.6 Å². The summed E-state index contributed by atoms with van der Waals surface area (Å²) in [5.41, 5.74) is 1.07. The van der Waals surface area contributed by atoms with E-state index in [0.717, 1.165) is 25.7 Å². The Hall–Kier alpha value is -2.54. The number of benzene rings is 2. The van der Waals surface area contributed by atoms with Gasteiger partial charge in [0.05, 0.1) is 27.3 Å². The van der Waals surface area contributed by atoms with Gasteiger partial charge in [-0.1, -0.05) is 12.1 Å². The van der Waals surface area contributed by atoms with Crippen LogP contribution in [0.15, 0.2) is 48.5 Å². The molecule has 2 aromatic rings. The number of nitrogens with zero attached hydrogens (tertiary/aromatic N) is 1. The first-order valence-corrected chi connectivity index (χ1v) is 18.8. The third kappa shape index (κ3) is 18.3. The molecule has 272 valence electrons. The molecule has 2 aliphatic heterocycles. The number of nitrogens with one attached hydrogen (secondary N) is 2. The molecule has 2 aliphatic rings. The normalized spacial score (nSPS) is 15.5. The van der Waals surface area contributed by atoms with Crippen molar-refractivity contribution in [1.82, 2.24) is 14.3 Å². The molecule has 1 amide bonds. The number of hydrogen-bond acceptors (Lipinski definition) is 8. The number of halogens is 2.